The Balaban J connectivity index is 1.33. The lowest BCUT2D eigenvalue weighted by molar-refractivity contribution is -0.252. The van der Waals surface area contributed by atoms with Crippen LogP contribution in [0.4, 0.5) is 0 Å². The van der Waals surface area contributed by atoms with Crippen LogP contribution in [0.2, 0.25) is 0 Å². The van der Waals surface area contributed by atoms with E-state index in [1.165, 1.54) is 0 Å². The van der Waals surface area contributed by atoms with Gasteiger partial charge < -0.3 is 35.0 Å². The molecule has 1 fully saturated rings. The smallest absolute Gasteiger partial charge is 0.272 e. The topological polar surface area (TPSA) is 111 Å². The largest absolute Gasteiger partial charge is 0.508 e. The number of phenols is 1. The Morgan fingerprint density at radius 2 is 1.66 bits per heavy atom. The molecule has 4 N–H and O–H groups in total. The van der Waals surface area contributed by atoms with Gasteiger partial charge in [0.1, 0.15) is 5.75 Å². The first-order valence-electron chi connectivity index (χ1n) is 15.2. The number of alkyl halides is 3. The summed E-state index contributed by atoms with van der Waals surface area (Å²) >= 11 is 17.1. The Hall–Kier alpha value is -3.18. The minimum absolute atomic E-state index is 0.0404. The molecule has 0 spiro atoms. The summed E-state index contributed by atoms with van der Waals surface area (Å²) in [5.41, 5.74) is 5.97. The van der Waals surface area contributed by atoms with Crippen LogP contribution >= 0.6 is 34.8 Å². The third-order valence-corrected chi connectivity index (χ3v) is 8.59. The number of benzene rings is 4. The van der Waals surface area contributed by atoms with Gasteiger partial charge in [-0.15, -0.1) is 0 Å². The number of halogens is 3. The van der Waals surface area contributed by atoms with E-state index in [1.807, 2.05) is 84.7 Å². The predicted molar refractivity (Wildman–Crippen MR) is 183 cm³/mol. The van der Waals surface area contributed by atoms with Crippen molar-refractivity contribution in [2.75, 3.05) is 20.1 Å². The summed E-state index contributed by atoms with van der Waals surface area (Å²) in [7, 11) is 1.92. The highest BCUT2D eigenvalue weighted by Gasteiger charge is 2.33. The number of hydrogen-bond acceptors (Lipinski definition) is 7. The number of aromatic hydroxyl groups is 1. The molecule has 47 heavy (non-hydrogen) atoms. The van der Waals surface area contributed by atoms with E-state index in [2.05, 4.69) is 5.32 Å². The second-order valence-corrected chi connectivity index (χ2v) is 13.9. The van der Waals surface area contributed by atoms with Crippen molar-refractivity contribution in [2.24, 2.45) is 0 Å². The molecule has 1 heterocycles. The van der Waals surface area contributed by atoms with Crippen molar-refractivity contribution in [3.63, 3.8) is 0 Å². The summed E-state index contributed by atoms with van der Waals surface area (Å²) < 4.78 is 11.0. The number of ether oxygens (including phenoxy) is 2. The van der Waals surface area contributed by atoms with Gasteiger partial charge in [-0.05, 0) is 52.6 Å². The number of nitrogens with one attached hydrogen (secondary N) is 1. The van der Waals surface area contributed by atoms with Gasteiger partial charge in [-0.25, -0.2) is 0 Å². The molecular formula is C36H37Cl3N2O6. The first-order chi connectivity index (χ1) is 22.5. The average Bonchev–Trinajstić information content (AvgIpc) is 3.06. The maximum atomic E-state index is 12.1. The molecule has 1 aliphatic heterocycles. The van der Waals surface area contributed by atoms with Crippen LogP contribution in [-0.4, -0.2) is 56.2 Å². The molecule has 1 amide bonds. The molecule has 0 saturated carbocycles. The van der Waals surface area contributed by atoms with Crippen LogP contribution in [-0.2, 0) is 27.4 Å². The number of nitrogens with zero attached hydrogens (tertiary/aromatic N) is 1. The molecule has 248 valence electrons. The highest BCUT2D eigenvalue weighted by molar-refractivity contribution is 6.76. The number of phenolic OH excluding ortho intramolecular Hbond substituents is 1. The van der Waals surface area contributed by atoms with Gasteiger partial charge in [0.25, 0.3) is 9.70 Å². The van der Waals surface area contributed by atoms with Crippen molar-refractivity contribution >= 4 is 40.7 Å². The zero-order valence-electron chi connectivity index (χ0n) is 25.7. The molecule has 0 unspecified atom stereocenters. The highest BCUT2D eigenvalue weighted by Crippen LogP contribution is 2.39. The van der Waals surface area contributed by atoms with Gasteiger partial charge in [0, 0.05) is 31.6 Å². The molecule has 4 atom stereocenters. The van der Waals surface area contributed by atoms with E-state index in [0.717, 1.165) is 33.4 Å². The van der Waals surface area contributed by atoms with E-state index in [9.17, 15) is 20.1 Å². The molecule has 1 saturated heterocycles. The van der Waals surface area contributed by atoms with Crippen molar-refractivity contribution in [1.29, 1.82) is 0 Å². The minimum atomic E-state index is -2.05. The second-order valence-electron chi connectivity index (χ2n) is 11.6. The highest BCUT2D eigenvalue weighted by atomic mass is 35.6. The van der Waals surface area contributed by atoms with Gasteiger partial charge in [-0.3, -0.25) is 4.79 Å². The number of aliphatic hydroxyl groups is 2. The monoisotopic (exact) mass is 698 g/mol. The van der Waals surface area contributed by atoms with Gasteiger partial charge in [0.05, 0.1) is 24.9 Å². The Labute approximate surface area is 289 Å². The number of carbonyl (C=O) groups is 1. The van der Waals surface area contributed by atoms with Gasteiger partial charge in [-0.2, -0.15) is 0 Å². The van der Waals surface area contributed by atoms with E-state index in [0.29, 0.717) is 25.1 Å². The molecule has 5 rings (SSSR count). The zero-order valence-corrected chi connectivity index (χ0v) is 28.0. The fourth-order valence-corrected chi connectivity index (χ4v) is 5.84. The van der Waals surface area contributed by atoms with E-state index in [-0.39, 0.29) is 31.1 Å². The summed E-state index contributed by atoms with van der Waals surface area (Å²) in [5, 5.41) is 32.8. The third-order valence-electron chi connectivity index (χ3n) is 8.08. The van der Waals surface area contributed by atoms with Crippen LogP contribution in [0.1, 0.15) is 52.7 Å². The molecule has 1 aliphatic rings. The van der Waals surface area contributed by atoms with E-state index < -0.39 is 22.1 Å². The van der Waals surface area contributed by atoms with Crippen LogP contribution < -0.4 is 5.32 Å². The van der Waals surface area contributed by atoms with E-state index >= 15 is 0 Å². The van der Waals surface area contributed by atoms with Crippen LogP contribution in [0.15, 0.2) is 97.1 Å². The Morgan fingerprint density at radius 1 is 0.957 bits per heavy atom. The van der Waals surface area contributed by atoms with Crippen molar-refractivity contribution in [2.45, 2.75) is 48.0 Å². The van der Waals surface area contributed by atoms with Crippen molar-refractivity contribution < 1.29 is 29.6 Å². The van der Waals surface area contributed by atoms with Crippen LogP contribution in [0, 0.1) is 0 Å². The molecule has 4 aromatic rings. The Kier molecular flexibility index (Phi) is 11.8. The normalized spacial score (nSPS) is 19.0. The fourth-order valence-electron chi connectivity index (χ4n) is 5.64. The molecule has 0 aliphatic carbocycles. The summed E-state index contributed by atoms with van der Waals surface area (Å²) in [6.45, 7) is 1.03. The number of carbonyl (C=O) groups excluding carboxylic acids is 1. The second kappa shape index (κ2) is 15.8. The molecule has 0 aromatic heterocycles. The lowest BCUT2D eigenvalue weighted by Crippen LogP contribution is -2.39. The van der Waals surface area contributed by atoms with E-state index in [4.69, 9.17) is 44.3 Å². The first-order valence-corrected chi connectivity index (χ1v) is 16.3. The van der Waals surface area contributed by atoms with Gasteiger partial charge >= 0.3 is 0 Å². The average molecular weight is 700 g/mol. The minimum Gasteiger partial charge on any atom is -0.508 e. The molecule has 0 bridgehead atoms. The van der Waals surface area contributed by atoms with Crippen molar-refractivity contribution in [1.82, 2.24) is 10.2 Å². The number of rotatable bonds is 11. The number of aliphatic hydroxyl groups excluding tert-OH is 2. The number of amides is 1. The zero-order chi connectivity index (χ0) is 33.6. The maximum absolute atomic E-state index is 12.1. The summed E-state index contributed by atoms with van der Waals surface area (Å²) in [6, 6.07) is 29.9. The van der Waals surface area contributed by atoms with Gasteiger partial charge in [-0.1, -0.05) is 120 Å². The summed E-state index contributed by atoms with van der Waals surface area (Å²) in [6.07, 6.45) is -1.34. The third kappa shape index (κ3) is 9.47. The van der Waals surface area contributed by atoms with Gasteiger partial charge in [0.2, 0.25) is 0 Å². The standard InChI is InChI=1S/C36H37Cl3N2O6/c1-41(21-32(44)27-6-4-7-29(43)17-27)20-30-18-33(25-11-9-23(22-42)10-12-25)47-34(46-30)26-15-13-24(14-16-26)31-8-3-2-5-28(31)19-40-35(45)36(37,38)39/h2-17,30,32-34,42-44H,18-22H2,1H3,(H,40,45)/t30-,32-,33+,34+/m1/s1. The molecule has 4 aromatic carbocycles. The van der Waals surface area contributed by atoms with Crippen LogP contribution in [0.3, 0.4) is 0 Å². The predicted octanol–water partition coefficient (Wildman–Crippen LogP) is 6.75. The molecule has 11 heteroatoms. The van der Waals surface area contributed by atoms with Gasteiger partial charge in [0.15, 0.2) is 6.29 Å². The Bertz CT molecular complexity index is 1630. The molecule has 0 radical (unpaired) electrons. The molecular weight excluding hydrogens is 663 g/mol. The van der Waals surface area contributed by atoms with E-state index in [1.54, 1.807) is 24.3 Å². The van der Waals surface area contributed by atoms with Crippen LogP contribution in [0.25, 0.3) is 11.1 Å². The number of likely N-dealkylation sites (N-methyl/N-ethyl adjacent to an activating group) is 1. The lowest BCUT2D eigenvalue weighted by Gasteiger charge is -2.38. The lowest BCUT2D eigenvalue weighted by atomic mass is 9.97. The Morgan fingerprint density at radius 3 is 2.34 bits per heavy atom. The fraction of sp³-hybridized carbons (Fsp3) is 0.306. The summed E-state index contributed by atoms with van der Waals surface area (Å²) in [4.78, 5) is 14.1. The summed E-state index contributed by atoms with van der Waals surface area (Å²) in [5.74, 6) is -0.593. The quantitative estimate of drug-likeness (QED) is 0.128. The number of hydrogen-bond donors (Lipinski definition) is 4. The van der Waals surface area contributed by atoms with Crippen molar-refractivity contribution in [3.8, 4) is 16.9 Å². The van der Waals surface area contributed by atoms with Crippen molar-refractivity contribution in [3.05, 3.63) is 125 Å². The SMILES string of the molecule is CN(C[C@H]1C[C@@H](c2ccc(CO)cc2)O[C@@H](c2ccc(-c3ccccc3CNC(=O)C(Cl)(Cl)Cl)cc2)O1)C[C@@H](O)c1cccc(O)c1. The first kappa shape index (κ1) is 35.1. The molecule has 8 nitrogen and oxygen atoms in total. The maximum Gasteiger partial charge on any atom is 0.272 e. The van der Waals surface area contributed by atoms with Crippen LogP contribution in [0.5, 0.6) is 5.75 Å².